The maximum atomic E-state index is 12.3. The van der Waals surface area contributed by atoms with Crippen LogP contribution in [0.3, 0.4) is 0 Å². The van der Waals surface area contributed by atoms with Crippen molar-refractivity contribution in [1.82, 2.24) is 15.1 Å². The summed E-state index contributed by atoms with van der Waals surface area (Å²) in [4.78, 5) is 24.2. The fourth-order valence-corrected chi connectivity index (χ4v) is 2.56. The highest BCUT2D eigenvalue weighted by molar-refractivity contribution is 5.98. The molecule has 0 saturated carbocycles. The highest BCUT2D eigenvalue weighted by Gasteiger charge is 2.13. The Hall–Kier alpha value is -3.61. The van der Waals surface area contributed by atoms with Gasteiger partial charge in [-0.05, 0) is 42.8 Å². The van der Waals surface area contributed by atoms with Crippen LogP contribution in [0.2, 0.25) is 0 Å². The molecule has 1 amide bonds. The van der Waals surface area contributed by atoms with Crippen LogP contribution in [0.4, 0.5) is 0 Å². The Morgan fingerprint density at radius 1 is 1.07 bits per heavy atom. The van der Waals surface area contributed by atoms with Gasteiger partial charge in [-0.2, -0.15) is 5.10 Å². The number of nitrogens with one attached hydrogen (secondary N) is 1. The van der Waals surface area contributed by atoms with Gasteiger partial charge in [-0.25, -0.2) is 4.68 Å². The summed E-state index contributed by atoms with van der Waals surface area (Å²) in [5.74, 6) is -0.420. The molecule has 1 heterocycles. The largest absolute Gasteiger partial charge is 0.493 e. The molecule has 3 rings (SSSR count). The van der Waals surface area contributed by atoms with E-state index in [0.717, 1.165) is 11.3 Å². The van der Waals surface area contributed by atoms with Gasteiger partial charge in [0.1, 0.15) is 18.9 Å². The molecule has 0 atom stereocenters. The third-order valence-electron chi connectivity index (χ3n) is 3.93. The highest BCUT2D eigenvalue weighted by Crippen LogP contribution is 2.17. The van der Waals surface area contributed by atoms with Crippen LogP contribution in [0.25, 0.3) is 5.69 Å². The van der Waals surface area contributed by atoms with E-state index in [9.17, 15) is 9.59 Å². The molecule has 0 radical (unpaired) electrons. The highest BCUT2D eigenvalue weighted by atomic mass is 16.5. The Morgan fingerprint density at radius 2 is 1.86 bits per heavy atom. The quantitative estimate of drug-likeness (QED) is 0.609. The zero-order valence-electron chi connectivity index (χ0n) is 15.5. The Balaban J connectivity index is 1.47. The molecule has 1 aromatic heterocycles. The second kappa shape index (κ2) is 9.36. The summed E-state index contributed by atoms with van der Waals surface area (Å²) in [6, 6.07) is 16.2. The molecule has 0 aliphatic carbocycles. The lowest BCUT2D eigenvalue weighted by Gasteiger charge is -2.10. The number of carbonyl (C=O) groups excluding carboxylic acids is 2. The number of carbonyl (C=O) groups is 2. The van der Waals surface area contributed by atoms with E-state index >= 15 is 0 Å². The number of hydrogen-bond acceptors (Lipinski definition) is 5. The maximum Gasteiger partial charge on any atom is 0.325 e. The first-order valence-corrected chi connectivity index (χ1v) is 8.92. The number of rotatable bonds is 8. The molecule has 28 heavy (non-hydrogen) atoms. The van der Waals surface area contributed by atoms with Crippen LogP contribution in [-0.4, -0.2) is 34.8 Å². The zero-order chi connectivity index (χ0) is 19.8. The number of esters is 1. The van der Waals surface area contributed by atoms with Gasteiger partial charge in [-0.1, -0.05) is 24.3 Å². The molecule has 2 aromatic carbocycles. The van der Waals surface area contributed by atoms with Gasteiger partial charge >= 0.3 is 5.97 Å². The van der Waals surface area contributed by atoms with E-state index in [0.29, 0.717) is 17.9 Å². The van der Waals surface area contributed by atoms with Crippen molar-refractivity contribution in [1.29, 1.82) is 0 Å². The minimum Gasteiger partial charge on any atom is -0.493 e. The summed E-state index contributed by atoms with van der Waals surface area (Å²) in [5, 5.41) is 6.71. The first-order chi connectivity index (χ1) is 13.7. The molecule has 0 fully saturated rings. The molecule has 3 aromatic rings. The topological polar surface area (TPSA) is 82.5 Å². The van der Waals surface area contributed by atoms with Crippen molar-refractivity contribution >= 4 is 11.9 Å². The van der Waals surface area contributed by atoms with Gasteiger partial charge in [-0.15, -0.1) is 0 Å². The van der Waals surface area contributed by atoms with Gasteiger partial charge in [0.25, 0.3) is 5.91 Å². The van der Waals surface area contributed by atoms with Crippen molar-refractivity contribution < 1.29 is 19.1 Å². The third kappa shape index (κ3) is 4.97. The molecule has 7 heteroatoms. The number of amides is 1. The summed E-state index contributed by atoms with van der Waals surface area (Å²) < 4.78 is 12.4. The molecule has 0 bridgehead atoms. The first kappa shape index (κ1) is 19.2. The van der Waals surface area contributed by atoms with Gasteiger partial charge in [0, 0.05) is 12.4 Å². The van der Waals surface area contributed by atoms with Crippen molar-refractivity contribution in [2.24, 2.45) is 0 Å². The van der Waals surface area contributed by atoms with E-state index in [1.54, 1.807) is 35.1 Å². The van der Waals surface area contributed by atoms with Crippen molar-refractivity contribution in [2.45, 2.75) is 13.5 Å². The van der Waals surface area contributed by atoms with Crippen molar-refractivity contribution in [3.63, 3.8) is 0 Å². The molecule has 7 nitrogen and oxygen atoms in total. The maximum absolute atomic E-state index is 12.3. The Kier molecular flexibility index (Phi) is 6.41. The van der Waals surface area contributed by atoms with Crippen LogP contribution < -0.4 is 10.1 Å². The van der Waals surface area contributed by atoms with Gasteiger partial charge in [0.05, 0.1) is 17.9 Å². The third-order valence-corrected chi connectivity index (χ3v) is 3.93. The molecule has 1 N–H and O–H groups in total. The second-order valence-electron chi connectivity index (χ2n) is 5.89. The van der Waals surface area contributed by atoms with Crippen LogP contribution in [-0.2, 0) is 16.1 Å². The summed E-state index contributed by atoms with van der Waals surface area (Å²) in [6.07, 6.45) is 3.55. The van der Waals surface area contributed by atoms with Gasteiger partial charge in [-0.3, -0.25) is 9.59 Å². The Morgan fingerprint density at radius 3 is 2.57 bits per heavy atom. The van der Waals surface area contributed by atoms with Crippen molar-refractivity contribution in [2.75, 3.05) is 13.2 Å². The standard InChI is InChI=1S/C21H21N3O4/c1-2-27-19-7-4-3-6-18(19)21(26)22-14-20(25)28-15-16-8-10-17(11-9-16)24-13-5-12-23-24/h3-13H,2,14-15H2,1H3,(H,22,26). The number of hydrogen-bond donors (Lipinski definition) is 1. The van der Waals surface area contributed by atoms with E-state index in [4.69, 9.17) is 9.47 Å². The molecule has 144 valence electrons. The minimum atomic E-state index is -0.515. The van der Waals surface area contributed by atoms with Crippen LogP contribution in [0.5, 0.6) is 5.75 Å². The van der Waals surface area contributed by atoms with Crippen LogP contribution in [0.1, 0.15) is 22.8 Å². The smallest absolute Gasteiger partial charge is 0.325 e. The van der Waals surface area contributed by atoms with Crippen LogP contribution in [0, 0.1) is 0 Å². The molecular weight excluding hydrogens is 358 g/mol. The van der Waals surface area contributed by atoms with E-state index in [2.05, 4.69) is 10.4 Å². The summed E-state index contributed by atoms with van der Waals surface area (Å²) in [6.45, 7) is 2.20. The second-order valence-corrected chi connectivity index (χ2v) is 5.89. The lowest BCUT2D eigenvalue weighted by molar-refractivity contribution is -0.143. The van der Waals surface area contributed by atoms with E-state index in [1.165, 1.54) is 0 Å². The number of benzene rings is 2. The lowest BCUT2D eigenvalue weighted by Crippen LogP contribution is -2.30. The number of aromatic nitrogens is 2. The van der Waals surface area contributed by atoms with Crippen molar-refractivity contribution in [3.8, 4) is 11.4 Å². The summed E-state index contributed by atoms with van der Waals surface area (Å²) >= 11 is 0. The van der Waals surface area contributed by atoms with Crippen LogP contribution >= 0.6 is 0 Å². The van der Waals surface area contributed by atoms with Crippen LogP contribution in [0.15, 0.2) is 67.0 Å². The molecule has 0 spiro atoms. The molecular formula is C21H21N3O4. The number of para-hydroxylation sites is 1. The molecule has 0 aliphatic rings. The molecule has 0 saturated heterocycles. The Labute approximate surface area is 162 Å². The fraction of sp³-hybridized carbons (Fsp3) is 0.190. The van der Waals surface area contributed by atoms with Gasteiger partial charge in [0.2, 0.25) is 0 Å². The monoisotopic (exact) mass is 379 g/mol. The lowest BCUT2D eigenvalue weighted by atomic mass is 10.2. The van der Waals surface area contributed by atoms with E-state index in [1.807, 2.05) is 43.5 Å². The summed E-state index contributed by atoms with van der Waals surface area (Å²) in [5.41, 5.74) is 2.14. The van der Waals surface area contributed by atoms with E-state index < -0.39 is 5.97 Å². The SMILES string of the molecule is CCOc1ccccc1C(=O)NCC(=O)OCc1ccc(-n2cccn2)cc1. The predicted octanol–water partition coefficient (Wildman–Crippen LogP) is 2.74. The normalized spacial score (nSPS) is 10.3. The van der Waals surface area contributed by atoms with Gasteiger partial charge < -0.3 is 14.8 Å². The zero-order valence-corrected chi connectivity index (χ0v) is 15.5. The number of ether oxygens (including phenoxy) is 2. The molecule has 0 aliphatic heterocycles. The average Bonchev–Trinajstić information content (AvgIpc) is 3.26. The van der Waals surface area contributed by atoms with E-state index in [-0.39, 0.29) is 19.1 Å². The number of nitrogens with zero attached hydrogens (tertiary/aromatic N) is 2. The fourth-order valence-electron chi connectivity index (χ4n) is 2.56. The Bertz CT molecular complexity index is 921. The molecule has 0 unspecified atom stereocenters. The predicted molar refractivity (Wildman–Crippen MR) is 103 cm³/mol. The summed E-state index contributed by atoms with van der Waals surface area (Å²) in [7, 11) is 0. The van der Waals surface area contributed by atoms with Crippen molar-refractivity contribution in [3.05, 3.63) is 78.1 Å². The van der Waals surface area contributed by atoms with Gasteiger partial charge in [0.15, 0.2) is 0 Å². The average molecular weight is 379 g/mol. The minimum absolute atomic E-state index is 0.129. The first-order valence-electron chi connectivity index (χ1n) is 8.92.